The van der Waals surface area contributed by atoms with Gasteiger partial charge in [-0.1, -0.05) is 103 Å². The average Bonchev–Trinajstić information content (AvgIpc) is 3.29. The molecule has 1 aliphatic rings. The van der Waals surface area contributed by atoms with Crippen LogP contribution in [-0.4, -0.2) is 67.1 Å². The maximum absolute atomic E-state index is 12.5. The van der Waals surface area contributed by atoms with Gasteiger partial charge in [-0.3, -0.25) is 9.59 Å². The highest BCUT2D eigenvalue weighted by atomic mass is 16.5. The van der Waals surface area contributed by atoms with Crippen LogP contribution in [0, 0.1) is 5.92 Å². The molecule has 0 radical (unpaired) electrons. The number of carbonyl (C=O) groups is 2. The van der Waals surface area contributed by atoms with Gasteiger partial charge in [0, 0.05) is 25.9 Å². The Morgan fingerprint density at radius 3 is 1.65 bits per heavy atom. The molecule has 1 fully saturated rings. The number of carbonyl (C=O) groups excluding carboxylic acids is 2. The number of quaternary nitrogens is 1. The standard InChI is InChI=1S/C32H63N2O3/c1-5-9-10-11-12-13-14-15-16-17-18-19-20-21-22-23-25-33-29-30(28-31(33)35)32(36)37-27-24-26-34(6-2,7-3)8-4/h30H,5-29H2,1-4H3/q+1. The Kier molecular flexibility index (Phi) is 20.0. The minimum atomic E-state index is -0.267. The molecule has 1 aliphatic heterocycles. The molecule has 0 saturated carbocycles. The molecule has 0 spiro atoms. The first kappa shape index (κ1) is 33.9. The molecule has 0 aromatic carbocycles. The molecule has 5 heteroatoms. The molecule has 1 unspecified atom stereocenters. The van der Waals surface area contributed by atoms with Crippen molar-refractivity contribution in [2.45, 2.75) is 143 Å². The van der Waals surface area contributed by atoms with E-state index in [1.807, 2.05) is 4.90 Å². The maximum atomic E-state index is 12.5. The van der Waals surface area contributed by atoms with Gasteiger partial charge in [0.05, 0.1) is 38.7 Å². The lowest BCUT2D eigenvalue weighted by Crippen LogP contribution is -2.48. The predicted octanol–water partition coefficient (Wildman–Crippen LogP) is 7.91. The average molecular weight is 524 g/mol. The third-order valence-corrected chi connectivity index (χ3v) is 8.86. The Bertz CT molecular complexity index is 568. The maximum Gasteiger partial charge on any atom is 0.311 e. The summed E-state index contributed by atoms with van der Waals surface area (Å²) in [6.07, 6.45) is 22.9. The summed E-state index contributed by atoms with van der Waals surface area (Å²) in [4.78, 5) is 26.8. The van der Waals surface area contributed by atoms with Crippen molar-refractivity contribution in [1.82, 2.24) is 4.90 Å². The minimum Gasteiger partial charge on any atom is -0.465 e. The van der Waals surface area contributed by atoms with Crippen molar-refractivity contribution in [2.24, 2.45) is 5.92 Å². The summed E-state index contributed by atoms with van der Waals surface area (Å²) in [5, 5.41) is 0. The Hall–Kier alpha value is -1.10. The summed E-state index contributed by atoms with van der Waals surface area (Å²) in [5.74, 6) is -0.316. The van der Waals surface area contributed by atoms with E-state index in [0.29, 0.717) is 19.6 Å². The van der Waals surface area contributed by atoms with Gasteiger partial charge >= 0.3 is 5.97 Å². The lowest BCUT2D eigenvalue weighted by atomic mass is 10.0. The lowest BCUT2D eigenvalue weighted by molar-refractivity contribution is -0.923. The molecule has 5 nitrogen and oxygen atoms in total. The third kappa shape index (κ3) is 15.2. The van der Waals surface area contributed by atoms with Crippen molar-refractivity contribution >= 4 is 11.9 Å². The van der Waals surface area contributed by atoms with E-state index >= 15 is 0 Å². The molecule has 1 saturated heterocycles. The van der Waals surface area contributed by atoms with Crippen molar-refractivity contribution in [2.75, 3.05) is 45.9 Å². The summed E-state index contributed by atoms with van der Waals surface area (Å²) in [6, 6.07) is 0. The monoisotopic (exact) mass is 523 g/mol. The number of likely N-dealkylation sites (tertiary alicyclic amines) is 1. The molecule has 1 amide bonds. The number of ether oxygens (including phenoxy) is 1. The molecule has 37 heavy (non-hydrogen) atoms. The molecule has 218 valence electrons. The zero-order valence-electron chi connectivity index (χ0n) is 25.4. The quantitative estimate of drug-likeness (QED) is 0.0694. The Balaban J connectivity index is 1.98. The van der Waals surface area contributed by atoms with Gasteiger partial charge in [-0.05, 0) is 27.2 Å². The van der Waals surface area contributed by atoms with Crippen LogP contribution in [0.4, 0.5) is 0 Å². The lowest BCUT2D eigenvalue weighted by Gasteiger charge is -2.35. The van der Waals surface area contributed by atoms with Crippen molar-refractivity contribution in [3.05, 3.63) is 0 Å². The van der Waals surface area contributed by atoms with Crippen molar-refractivity contribution < 1.29 is 18.8 Å². The van der Waals surface area contributed by atoms with Crippen molar-refractivity contribution in [1.29, 1.82) is 0 Å². The van der Waals surface area contributed by atoms with Gasteiger partial charge in [0.15, 0.2) is 0 Å². The molecule has 1 heterocycles. The number of hydrogen-bond acceptors (Lipinski definition) is 3. The highest BCUT2D eigenvalue weighted by Crippen LogP contribution is 2.21. The van der Waals surface area contributed by atoms with Crippen LogP contribution in [-0.2, 0) is 14.3 Å². The highest BCUT2D eigenvalue weighted by molar-refractivity contribution is 5.86. The van der Waals surface area contributed by atoms with Crippen LogP contribution in [0.25, 0.3) is 0 Å². The fourth-order valence-corrected chi connectivity index (χ4v) is 5.83. The summed E-state index contributed by atoms with van der Waals surface area (Å²) in [6.45, 7) is 15.2. The SMILES string of the molecule is CCCCCCCCCCCCCCCCCCN1CC(C(=O)OCCC[N+](CC)(CC)CC)CC1=O. The van der Waals surface area contributed by atoms with Crippen LogP contribution >= 0.6 is 0 Å². The molecular formula is C32H63N2O3+. The van der Waals surface area contributed by atoms with Crippen LogP contribution in [0.1, 0.15) is 143 Å². The Morgan fingerprint density at radius 1 is 0.730 bits per heavy atom. The van der Waals surface area contributed by atoms with Crippen LogP contribution < -0.4 is 0 Å². The van der Waals surface area contributed by atoms with Crippen LogP contribution in [0.5, 0.6) is 0 Å². The van der Waals surface area contributed by atoms with Gasteiger partial charge in [0.1, 0.15) is 0 Å². The fourth-order valence-electron chi connectivity index (χ4n) is 5.83. The van der Waals surface area contributed by atoms with Gasteiger partial charge in [0.2, 0.25) is 5.91 Å². The van der Waals surface area contributed by atoms with Gasteiger partial charge in [-0.2, -0.15) is 0 Å². The molecule has 0 aromatic rings. The first-order valence-corrected chi connectivity index (χ1v) is 16.3. The number of hydrogen-bond donors (Lipinski definition) is 0. The number of esters is 1. The Morgan fingerprint density at radius 2 is 1.19 bits per heavy atom. The largest absolute Gasteiger partial charge is 0.465 e. The summed E-state index contributed by atoms with van der Waals surface area (Å²) in [5.41, 5.74) is 0. The van der Waals surface area contributed by atoms with E-state index in [9.17, 15) is 9.59 Å². The number of nitrogens with zero attached hydrogens (tertiary/aromatic N) is 2. The van der Waals surface area contributed by atoms with E-state index in [1.165, 1.54) is 96.3 Å². The number of amides is 1. The van der Waals surface area contributed by atoms with E-state index in [0.717, 1.165) is 50.0 Å². The number of rotatable bonds is 25. The topological polar surface area (TPSA) is 46.6 Å². The van der Waals surface area contributed by atoms with E-state index in [1.54, 1.807) is 0 Å². The normalized spacial score (nSPS) is 16.1. The second-order valence-corrected chi connectivity index (χ2v) is 11.6. The van der Waals surface area contributed by atoms with E-state index in [2.05, 4.69) is 27.7 Å². The molecule has 1 rings (SSSR count). The van der Waals surface area contributed by atoms with Crippen LogP contribution in [0.15, 0.2) is 0 Å². The zero-order chi connectivity index (χ0) is 27.2. The van der Waals surface area contributed by atoms with Crippen LogP contribution in [0.2, 0.25) is 0 Å². The highest BCUT2D eigenvalue weighted by Gasteiger charge is 2.35. The van der Waals surface area contributed by atoms with Gasteiger partial charge in [-0.15, -0.1) is 0 Å². The first-order chi connectivity index (χ1) is 18.0. The molecule has 0 aromatic heterocycles. The van der Waals surface area contributed by atoms with Crippen molar-refractivity contribution in [3.8, 4) is 0 Å². The zero-order valence-corrected chi connectivity index (χ0v) is 25.4. The summed E-state index contributed by atoms with van der Waals surface area (Å²) >= 11 is 0. The van der Waals surface area contributed by atoms with E-state index in [4.69, 9.17) is 4.74 Å². The minimum absolute atomic E-state index is 0.126. The van der Waals surface area contributed by atoms with Gasteiger partial charge < -0.3 is 14.1 Å². The summed E-state index contributed by atoms with van der Waals surface area (Å²) in [7, 11) is 0. The molecule has 0 N–H and O–H groups in total. The van der Waals surface area contributed by atoms with Gasteiger partial charge in [0.25, 0.3) is 0 Å². The second-order valence-electron chi connectivity index (χ2n) is 11.6. The van der Waals surface area contributed by atoms with E-state index < -0.39 is 0 Å². The van der Waals surface area contributed by atoms with E-state index in [-0.39, 0.29) is 17.8 Å². The Labute approximate surface area is 230 Å². The fraction of sp³-hybridized carbons (Fsp3) is 0.938. The first-order valence-electron chi connectivity index (χ1n) is 16.3. The third-order valence-electron chi connectivity index (χ3n) is 8.86. The number of unbranched alkanes of at least 4 members (excludes halogenated alkanes) is 15. The van der Waals surface area contributed by atoms with Crippen molar-refractivity contribution in [3.63, 3.8) is 0 Å². The predicted molar refractivity (Wildman–Crippen MR) is 157 cm³/mol. The molecule has 0 bridgehead atoms. The van der Waals surface area contributed by atoms with Crippen LogP contribution in [0.3, 0.4) is 0 Å². The summed E-state index contributed by atoms with van der Waals surface area (Å²) < 4.78 is 6.63. The smallest absolute Gasteiger partial charge is 0.311 e. The molecule has 0 aliphatic carbocycles. The molecule has 1 atom stereocenters. The molecular weight excluding hydrogens is 460 g/mol. The van der Waals surface area contributed by atoms with Gasteiger partial charge in [-0.25, -0.2) is 0 Å². The second kappa shape index (κ2) is 21.8.